The summed E-state index contributed by atoms with van der Waals surface area (Å²) < 4.78 is 0. The van der Waals surface area contributed by atoms with E-state index in [4.69, 9.17) is 15.0 Å². The molecule has 0 aliphatic rings. The summed E-state index contributed by atoms with van der Waals surface area (Å²) in [5.41, 5.74) is 14.1. The molecular formula is C51H35N3. The van der Waals surface area contributed by atoms with Gasteiger partial charge in [-0.2, -0.15) is 0 Å². The van der Waals surface area contributed by atoms with Crippen molar-refractivity contribution in [3.05, 3.63) is 212 Å². The smallest absolute Gasteiger partial charge is 0.164 e. The lowest BCUT2D eigenvalue weighted by Gasteiger charge is -2.16. The molecule has 0 radical (unpaired) electrons. The van der Waals surface area contributed by atoms with E-state index in [0.29, 0.717) is 17.5 Å². The van der Waals surface area contributed by atoms with Crippen LogP contribution in [0.2, 0.25) is 0 Å². The van der Waals surface area contributed by atoms with Crippen molar-refractivity contribution in [3.8, 4) is 89.8 Å². The lowest BCUT2D eigenvalue weighted by Crippen LogP contribution is -2.02. The maximum Gasteiger partial charge on any atom is 0.164 e. The molecule has 0 unspecified atom stereocenters. The minimum Gasteiger partial charge on any atom is -0.208 e. The van der Waals surface area contributed by atoms with Crippen LogP contribution >= 0.6 is 0 Å². The van der Waals surface area contributed by atoms with E-state index < -0.39 is 0 Å². The molecule has 0 saturated carbocycles. The van der Waals surface area contributed by atoms with Crippen molar-refractivity contribution >= 4 is 0 Å². The first-order valence-electron chi connectivity index (χ1n) is 18.2. The molecule has 1 heterocycles. The lowest BCUT2D eigenvalue weighted by molar-refractivity contribution is 1.07. The third-order valence-electron chi connectivity index (χ3n) is 9.76. The first-order chi connectivity index (χ1) is 26.8. The summed E-state index contributed by atoms with van der Waals surface area (Å²) in [4.78, 5) is 15.6. The lowest BCUT2D eigenvalue weighted by atomic mass is 9.90. The van der Waals surface area contributed by atoms with Crippen molar-refractivity contribution in [1.29, 1.82) is 0 Å². The molecular weight excluding hydrogens is 655 g/mol. The molecule has 0 spiro atoms. The van der Waals surface area contributed by atoms with Crippen molar-refractivity contribution in [3.63, 3.8) is 0 Å². The van der Waals surface area contributed by atoms with Crippen LogP contribution in [0.3, 0.4) is 0 Å². The van der Waals surface area contributed by atoms with Gasteiger partial charge in [-0.1, -0.05) is 200 Å². The monoisotopic (exact) mass is 689 g/mol. The van der Waals surface area contributed by atoms with Crippen LogP contribution in [0.5, 0.6) is 0 Å². The van der Waals surface area contributed by atoms with Crippen LogP contribution in [-0.2, 0) is 0 Å². The van der Waals surface area contributed by atoms with Gasteiger partial charge in [-0.3, -0.25) is 0 Å². The molecule has 0 N–H and O–H groups in total. The Kier molecular flexibility index (Phi) is 8.94. The highest BCUT2D eigenvalue weighted by Gasteiger charge is 2.19. The average molecular weight is 690 g/mol. The molecule has 9 aromatic rings. The van der Waals surface area contributed by atoms with E-state index in [1.54, 1.807) is 0 Å². The van der Waals surface area contributed by atoms with Gasteiger partial charge in [0.2, 0.25) is 0 Å². The normalized spacial score (nSPS) is 11.0. The second kappa shape index (κ2) is 14.8. The highest BCUT2D eigenvalue weighted by atomic mass is 15.0. The van der Waals surface area contributed by atoms with Gasteiger partial charge in [0.15, 0.2) is 17.5 Å². The zero-order valence-electron chi connectivity index (χ0n) is 29.5. The predicted octanol–water partition coefficient (Wildman–Crippen LogP) is 13.2. The van der Waals surface area contributed by atoms with Crippen LogP contribution in [0.1, 0.15) is 0 Å². The van der Waals surface area contributed by atoms with Crippen LogP contribution < -0.4 is 0 Å². The van der Waals surface area contributed by atoms with Crippen LogP contribution in [0.15, 0.2) is 212 Å². The van der Waals surface area contributed by atoms with Crippen LogP contribution in [0.25, 0.3) is 89.8 Å². The molecule has 0 aliphatic carbocycles. The molecule has 54 heavy (non-hydrogen) atoms. The number of benzene rings is 8. The van der Waals surface area contributed by atoms with Crippen LogP contribution in [-0.4, -0.2) is 15.0 Å². The van der Waals surface area contributed by atoms with Gasteiger partial charge < -0.3 is 0 Å². The largest absolute Gasteiger partial charge is 0.208 e. The highest BCUT2D eigenvalue weighted by molar-refractivity contribution is 5.93. The Labute approximate surface area is 316 Å². The predicted molar refractivity (Wildman–Crippen MR) is 223 cm³/mol. The molecule has 0 atom stereocenters. The zero-order valence-corrected chi connectivity index (χ0v) is 29.5. The summed E-state index contributed by atoms with van der Waals surface area (Å²) in [6.07, 6.45) is 0. The Hall–Kier alpha value is -7.23. The Balaban J connectivity index is 1.20. The summed E-state index contributed by atoms with van der Waals surface area (Å²) >= 11 is 0. The van der Waals surface area contributed by atoms with Gasteiger partial charge in [-0.25, -0.2) is 15.0 Å². The van der Waals surface area contributed by atoms with Crippen molar-refractivity contribution in [2.24, 2.45) is 0 Å². The quantitative estimate of drug-likeness (QED) is 0.159. The van der Waals surface area contributed by atoms with E-state index in [0.717, 1.165) is 61.2 Å². The van der Waals surface area contributed by atoms with Crippen molar-refractivity contribution < 1.29 is 0 Å². The maximum absolute atomic E-state index is 5.24. The first-order valence-corrected chi connectivity index (χ1v) is 18.2. The number of rotatable bonds is 8. The Bertz CT molecular complexity index is 2670. The first kappa shape index (κ1) is 32.7. The van der Waals surface area contributed by atoms with Crippen LogP contribution in [0, 0.1) is 0 Å². The zero-order chi connectivity index (χ0) is 36.1. The fourth-order valence-electron chi connectivity index (χ4n) is 7.06. The van der Waals surface area contributed by atoms with E-state index in [1.165, 1.54) is 11.1 Å². The van der Waals surface area contributed by atoms with Gasteiger partial charge in [-0.15, -0.1) is 0 Å². The fraction of sp³-hybridized carbons (Fsp3) is 0. The second-order valence-corrected chi connectivity index (χ2v) is 13.2. The number of nitrogens with zero attached hydrogens (tertiary/aromatic N) is 3. The summed E-state index contributed by atoms with van der Waals surface area (Å²) in [7, 11) is 0. The molecule has 254 valence electrons. The Morgan fingerprint density at radius 2 is 0.556 bits per heavy atom. The molecule has 8 aromatic carbocycles. The number of hydrogen-bond acceptors (Lipinski definition) is 3. The molecule has 0 bridgehead atoms. The topological polar surface area (TPSA) is 38.7 Å². The third-order valence-corrected chi connectivity index (χ3v) is 9.76. The minimum absolute atomic E-state index is 0.619. The molecule has 3 heteroatoms. The SMILES string of the molecule is c1ccc(-c2cccc(-c3ccc(-c4nc(-c5cccc(-c6ccccc6)c5)nc(-c5cccc(-c6ccccc6)c5-c5ccccc5)n4)cc3)c2)cc1. The standard InChI is InChI=1S/C51H35N3/c1-5-16-36(17-6-1)42-24-13-25-43(34-42)38-30-32-41(33-31-38)49-52-50(45-27-14-26-44(35-45)37-18-7-2-8-19-37)54-51(53-49)47-29-15-28-46(39-20-9-3-10-21-39)48(47)40-22-11-4-12-23-40/h1-35H. The highest BCUT2D eigenvalue weighted by Crippen LogP contribution is 2.40. The molecule has 3 nitrogen and oxygen atoms in total. The molecule has 1 aromatic heterocycles. The maximum atomic E-state index is 5.24. The van der Waals surface area contributed by atoms with Gasteiger partial charge in [0.1, 0.15) is 0 Å². The Morgan fingerprint density at radius 1 is 0.204 bits per heavy atom. The minimum atomic E-state index is 0.619. The van der Waals surface area contributed by atoms with E-state index in [-0.39, 0.29) is 0 Å². The summed E-state index contributed by atoms with van der Waals surface area (Å²) in [5.74, 6) is 1.86. The number of hydrogen-bond donors (Lipinski definition) is 0. The molecule has 9 rings (SSSR count). The fourth-order valence-corrected chi connectivity index (χ4v) is 7.06. The molecule has 0 aliphatic heterocycles. The van der Waals surface area contributed by atoms with Gasteiger partial charge in [0, 0.05) is 22.3 Å². The average Bonchev–Trinajstić information content (AvgIpc) is 3.27. The molecule has 0 saturated heterocycles. The van der Waals surface area contributed by atoms with E-state index >= 15 is 0 Å². The van der Waals surface area contributed by atoms with Crippen molar-refractivity contribution in [2.75, 3.05) is 0 Å². The summed E-state index contributed by atoms with van der Waals surface area (Å²) in [6.45, 7) is 0. The number of aromatic nitrogens is 3. The van der Waals surface area contributed by atoms with Gasteiger partial charge >= 0.3 is 0 Å². The second-order valence-electron chi connectivity index (χ2n) is 13.2. The molecule has 0 fully saturated rings. The van der Waals surface area contributed by atoms with E-state index in [1.807, 2.05) is 12.1 Å². The van der Waals surface area contributed by atoms with Crippen molar-refractivity contribution in [1.82, 2.24) is 15.0 Å². The van der Waals surface area contributed by atoms with Crippen molar-refractivity contribution in [2.45, 2.75) is 0 Å². The Morgan fingerprint density at radius 3 is 1.11 bits per heavy atom. The van der Waals surface area contributed by atoms with E-state index in [2.05, 4.69) is 200 Å². The van der Waals surface area contributed by atoms with Gasteiger partial charge in [-0.05, 0) is 62.2 Å². The summed E-state index contributed by atoms with van der Waals surface area (Å²) in [6, 6.07) is 74.0. The summed E-state index contributed by atoms with van der Waals surface area (Å²) in [5, 5.41) is 0. The van der Waals surface area contributed by atoms with Gasteiger partial charge in [0.05, 0.1) is 0 Å². The van der Waals surface area contributed by atoms with Crippen LogP contribution in [0.4, 0.5) is 0 Å². The van der Waals surface area contributed by atoms with E-state index in [9.17, 15) is 0 Å². The molecule has 0 amide bonds. The van der Waals surface area contributed by atoms with Gasteiger partial charge in [0.25, 0.3) is 0 Å². The third kappa shape index (κ3) is 6.74.